The Kier molecular flexibility index (Phi) is 4.42. The molecule has 0 saturated carbocycles. The minimum atomic E-state index is -0.468. The van der Waals surface area contributed by atoms with Crippen LogP contribution in [-0.4, -0.2) is 30.3 Å². The zero-order valence-electron chi connectivity index (χ0n) is 11.5. The molecule has 0 aromatic heterocycles. The molecule has 0 fully saturated rings. The molecule has 106 valence electrons. The zero-order valence-corrected chi connectivity index (χ0v) is 11.5. The lowest BCUT2D eigenvalue weighted by atomic mass is 9.92. The molecule has 0 spiro atoms. The molecule has 0 bridgehead atoms. The molecule has 0 radical (unpaired) electrons. The third-order valence-electron chi connectivity index (χ3n) is 4.16. The van der Waals surface area contributed by atoms with E-state index in [0.29, 0.717) is 0 Å². The summed E-state index contributed by atoms with van der Waals surface area (Å²) in [5, 5.41) is 9.28. The summed E-state index contributed by atoms with van der Waals surface area (Å²) >= 11 is 0. The van der Waals surface area contributed by atoms with E-state index in [0.717, 1.165) is 44.5 Å². The van der Waals surface area contributed by atoms with E-state index in [2.05, 4.69) is 4.90 Å². The predicted octanol–water partition coefficient (Wildman–Crippen LogP) is 2.07. The van der Waals surface area contributed by atoms with Crippen molar-refractivity contribution in [1.29, 1.82) is 0 Å². The molecule has 19 heavy (non-hydrogen) atoms. The first-order valence-electron chi connectivity index (χ1n) is 7.01. The number of hydrogen-bond acceptors (Lipinski definition) is 3. The maximum Gasteiger partial charge on any atom is 0.125 e. The SMILES string of the molecule is CCC(N)(CO)CCCN1CCc2ccc(F)cc21. The van der Waals surface area contributed by atoms with E-state index in [1.165, 1.54) is 11.6 Å². The van der Waals surface area contributed by atoms with E-state index in [9.17, 15) is 9.50 Å². The Morgan fingerprint density at radius 2 is 2.26 bits per heavy atom. The molecule has 2 rings (SSSR count). The van der Waals surface area contributed by atoms with Gasteiger partial charge >= 0.3 is 0 Å². The molecule has 1 atom stereocenters. The van der Waals surface area contributed by atoms with Gasteiger partial charge in [-0.05, 0) is 43.4 Å². The Morgan fingerprint density at radius 3 is 2.95 bits per heavy atom. The van der Waals surface area contributed by atoms with Gasteiger partial charge in [-0.15, -0.1) is 0 Å². The molecule has 1 aromatic carbocycles. The van der Waals surface area contributed by atoms with Crippen LogP contribution in [0.1, 0.15) is 31.7 Å². The van der Waals surface area contributed by atoms with Crippen molar-refractivity contribution in [2.45, 2.75) is 38.1 Å². The topological polar surface area (TPSA) is 49.5 Å². The first kappa shape index (κ1) is 14.3. The molecule has 0 aliphatic carbocycles. The van der Waals surface area contributed by atoms with Crippen molar-refractivity contribution in [2.75, 3.05) is 24.6 Å². The third kappa shape index (κ3) is 3.25. The minimum absolute atomic E-state index is 0.0225. The monoisotopic (exact) mass is 266 g/mol. The van der Waals surface area contributed by atoms with Gasteiger partial charge in [-0.3, -0.25) is 0 Å². The number of fused-ring (bicyclic) bond motifs is 1. The molecule has 3 N–H and O–H groups in total. The number of hydrogen-bond donors (Lipinski definition) is 2. The Morgan fingerprint density at radius 1 is 1.47 bits per heavy atom. The van der Waals surface area contributed by atoms with E-state index in [1.807, 2.05) is 13.0 Å². The van der Waals surface area contributed by atoms with Crippen LogP contribution in [0.2, 0.25) is 0 Å². The summed E-state index contributed by atoms with van der Waals surface area (Å²) in [6, 6.07) is 5.01. The van der Waals surface area contributed by atoms with Crippen molar-refractivity contribution in [1.82, 2.24) is 0 Å². The van der Waals surface area contributed by atoms with Crippen molar-refractivity contribution in [3.63, 3.8) is 0 Å². The van der Waals surface area contributed by atoms with Gasteiger partial charge in [0.05, 0.1) is 6.61 Å². The van der Waals surface area contributed by atoms with Gasteiger partial charge in [-0.25, -0.2) is 4.39 Å². The van der Waals surface area contributed by atoms with Crippen molar-refractivity contribution >= 4 is 5.69 Å². The van der Waals surface area contributed by atoms with Gasteiger partial charge in [-0.2, -0.15) is 0 Å². The highest BCUT2D eigenvalue weighted by atomic mass is 19.1. The summed E-state index contributed by atoms with van der Waals surface area (Å²) in [7, 11) is 0. The molecule has 1 aliphatic rings. The van der Waals surface area contributed by atoms with Gasteiger partial charge in [0.15, 0.2) is 0 Å². The molecular weight excluding hydrogens is 243 g/mol. The highest BCUT2D eigenvalue weighted by Crippen LogP contribution is 2.29. The lowest BCUT2D eigenvalue weighted by molar-refractivity contribution is 0.181. The van der Waals surface area contributed by atoms with Crippen molar-refractivity contribution < 1.29 is 9.50 Å². The third-order valence-corrected chi connectivity index (χ3v) is 4.16. The number of aliphatic hydroxyl groups excluding tert-OH is 1. The summed E-state index contributed by atoms with van der Waals surface area (Å²) in [5.74, 6) is -0.178. The zero-order chi connectivity index (χ0) is 13.9. The highest BCUT2D eigenvalue weighted by molar-refractivity contribution is 5.58. The summed E-state index contributed by atoms with van der Waals surface area (Å²) in [6.45, 7) is 3.84. The van der Waals surface area contributed by atoms with Gasteiger partial charge < -0.3 is 15.7 Å². The molecular formula is C15H23FN2O. The second-order valence-electron chi connectivity index (χ2n) is 5.49. The summed E-state index contributed by atoms with van der Waals surface area (Å²) in [6.07, 6.45) is 3.47. The molecule has 1 unspecified atom stereocenters. The normalized spacial score (nSPS) is 17.4. The van der Waals surface area contributed by atoms with E-state index in [4.69, 9.17) is 5.73 Å². The number of benzene rings is 1. The van der Waals surface area contributed by atoms with Gasteiger partial charge in [0.25, 0.3) is 0 Å². The minimum Gasteiger partial charge on any atom is -0.394 e. The average Bonchev–Trinajstić information content (AvgIpc) is 2.81. The number of halogens is 1. The second-order valence-corrected chi connectivity index (χ2v) is 5.49. The predicted molar refractivity (Wildman–Crippen MR) is 75.8 cm³/mol. The fourth-order valence-corrected chi connectivity index (χ4v) is 2.64. The molecule has 1 heterocycles. The number of nitrogens with two attached hydrogens (primary N) is 1. The molecule has 4 heteroatoms. The molecule has 1 aliphatic heterocycles. The average molecular weight is 266 g/mol. The van der Waals surface area contributed by atoms with Crippen molar-refractivity contribution in [2.24, 2.45) is 5.73 Å². The van der Waals surface area contributed by atoms with Gasteiger partial charge in [-0.1, -0.05) is 13.0 Å². The van der Waals surface area contributed by atoms with E-state index in [1.54, 1.807) is 6.07 Å². The van der Waals surface area contributed by atoms with Crippen LogP contribution in [0, 0.1) is 5.82 Å². The van der Waals surface area contributed by atoms with Gasteiger partial charge in [0.2, 0.25) is 0 Å². The largest absolute Gasteiger partial charge is 0.394 e. The number of nitrogens with zero attached hydrogens (tertiary/aromatic N) is 1. The fraction of sp³-hybridized carbons (Fsp3) is 0.600. The lowest BCUT2D eigenvalue weighted by Gasteiger charge is -2.27. The Balaban J connectivity index is 1.91. The Labute approximate surface area is 114 Å². The molecule has 3 nitrogen and oxygen atoms in total. The van der Waals surface area contributed by atoms with E-state index in [-0.39, 0.29) is 12.4 Å². The first-order chi connectivity index (χ1) is 9.08. The van der Waals surface area contributed by atoms with Crippen LogP contribution in [0.3, 0.4) is 0 Å². The quantitative estimate of drug-likeness (QED) is 0.828. The van der Waals surface area contributed by atoms with Crippen LogP contribution in [-0.2, 0) is 6.42 Å². The smallest absolute Gasteiger partial charge is 0.125 e. The standard InChI is InChI=1S/C15H23FN2O/c1-2-15(17,11-19)7-3-8-18-9-6-12-4-5-13(16)10-14(12)18/h4-5,10,19H,2-3,6-9,11,17H2,1H3. The van der Waals surface area contributed by atoms with E-state index < -0.39 is 5.54 Å². The maximum atomic E-state index is 13.3. The van der Waals surface area contributed by atoms with Crippen LogP contribution in [0.4, 0.5) is 10.1 Å². The van der Waals surface area contributed by atoms with Gasteiger partial charge in [0.1, 0.15) is 5.82 Å². The van der Waals surface area contributed by atoms with Gasteiger partial charge in [0, 0.05) is 24.3 Å². The lowest BCUT2D eigenvalue weighted by Crippen LogP contribution is -2.43. The van der Waals surface area contributed by atoms with Crippen molar-refractivity contribution in [3.8, 4) is 0 Å². The summed E-state index contributed by atoms with van der Waals surface area (Å²) in [5.41, 5.74) is 7.84. The van der Waals surface area contributed by atoms with Crippen LogP contribution in [0.5, 0.6) is 0 Å². The number of aliphatic hydroxyl groups is 1. The molecule has 0 saturated heterocycles. The van der Waals surface area contributed by atoms with Crippen LogP contribution >= 0.6 is 0 Å². The Bertz CT molecular complexity index is 432. The van der Waals surface area contributed by atoms with Crippen LogP contribution in [0.15, 0.2) is 18.2 Å². The van der Waals surface area contributed by atoms with Crippen molar-refractivity contribution in [3.05, 3.63) is 29.6 Å². The Hall–Kier alpha value is -1.13. The first-order valence-corrected chi connectivity index (χ1v) is 7.01. The molecule has 1 aromatic rings. The highest BCUT2D eigenvalue weighted by Gasteiger charge is 2.23. The summed E-state index contributed by atoms with van der Waals surface area (Å²) < 4.78 is 13.3. The summed E-state index contributed by atoms with van der Waals surface area (Å²) in [4.78, 5) is 2.21. The molecule has 0 amide bonds. The second kappa shape index (κ2) is 5.88. The number of rotatable bonds is 6. The number of anilines is 1. The fourth-order valence-electron chi connectivity index (χ4n) is 2.64. The van der Waals surface area contributed by atoms with Crippen LogP contribution < -0.4 is 10.6 Å². The van der Waals surface area contributed by atoms with Crippen LogP contribution in [0.25, 0.3) is 0 Å². The maximum absolute atomic E-state index is 13.3. The van der Waals surface area contributed by atoms with E-state index >= 15 is 0 Å².